The van der Waals surface area contributed by atoms with E-state index in [1.165, 1.54) is 0 Å². The van der Waals surface area contributed by atoms with Crippen molar-refractivity contribution in [1.82, 2.24) is 14.9 Å². The Morgan fingerprint density at radius 1 is 1.24 bits per heavy atom. The topological polar surface area (TPSA) is 46.1 Å². The molecular weight excluding hydrogens is 282 g/mol. The van der Waals surface area contributed by atoms with Crippen LogP contribution >= 0.6 is 11.3 Å². The average molecular weight is 297 g/mol. The monoisotopic (exact) mass is 297 g/mol. The highest BCUT2D eigenvalue weighted by atomic mass is 32.1. The second kappa shape index (κ2) is 5.61. The minimum Gasteiger partial charge on any atom is -0.333 e. The van der Waals surface area contributed by atoms with Gasteiger partial charge in [-0.25, -0.2) is 4.98 Å². The molecule has 1 aromatic carbocycles. The molecule has 0 aliphatic carbocycles. The van der Waals surface area contributed by atoms with Gasteiger partial charge in [0.05, 0.1) is 27.5 Å². The predicted octanol–water partition coefficient (Wildman–Crippen LogP) is 3.52. The summed E-state index contributed by atoms with van der Waals surface area (Å²) in [6, 6.07) is 11.3. The average Bonchev–Trinajstić information content (AvgIpc) is 3.01. The van der Waals surface area contributed by atoms with Crippen molar-refractivity contribution in [1.29, 1.82) is 0 Å². The second-order valence-corrected chi connectivity index (χ2v) is 5.77. The van der Waals surface area contributed by atoms with Crippen molar-refractivity contribution in [3.05, 3.63) is 59.4 Å². The van der Waals surface area contributed by atoms with Crippen LogP contribution in [0.4, 0.5) is 0 Å². The van der Waals surface area contributed by atoms with Crippen LogP contribution in [0.3, 0.4) is 0 Å². The van der Waals surface area contributed by atoms with Crippen LogP contribution in [0.1, 0.15) is 29.0 Å². The van der Waals surface area contributed by atoms with Crippen molar-refractivity contribution in [3.8, 4) is 0 Å². The molecule has 0 radical (unpaired) electrons. The maximum atomic E-state index is 12.6. The molecule has 0 spiro atoms. The van der Waals surface area contributed by atoms with Crippen LogP contribution < -0.4 is 0 Å². The van der Waals surface area contributed by atoms with Gasteiger partial charge in [0, 0.05) is 18.8 Å². The summed E-state index contributed by atoms with van der Waals surface area (Å²) in [4.78, 5) is 22.9. The number of fused-ring (bicyclic) bond motifs is 1. The third-order valence-electron chi connectivity index (χ3n) is 3.59. The number of thiazole rings is 1. The Morgan fingerprint density at radius 2 is 2.10 bits per heavy atom. The number of amides is 1. The Balaban J connectivity index is 1.86. The van der Waals surface area contributed by atoms with Gasteiger partial charge in [0.25, 0.3) is 5.91 Å². The van der Waals surface area contributed by atoms with Gasteiger partial charge in [-0.2, -0.15) is 0 Å². The third-order valence-corrected chi connectivity index (χ3v) is 4.40. The van der Waals surface area contributed by atoms with E-state index in [9.17, 15) is 4.79 Å². The Kier molecular flexibility index (Phi) is 3.66. The normalized spacial score (nSPS) is 12.3. The van der Waals surface area contributed by atoms with Gasteiger partial charge in [-0.3, -0.25) is 9.78 Å². The van der Waals surface area contributed by atoms with Gasteiger partial charge in [0.2, 0.25) is 0 Å². The Labute approximate surface area is 127 Å². The van der Waals surface area contributed by atoms with Crippen LogP contribution in [0.25, 0.3) is 10.2 Å². The zero-order valence-electron chi connectivity index (χ0n) is 11.9. The van der Waals surface area contributed by atoms with E-state index in [2.05, 4.69) is 9.97 Å². The van der Waals surface area contributed by atoms with E-state index < -0.39 is 0 Å². The summed E-state index contributed by atoms with van der Waals surface area (Å²) in [7, 11) is 1.80. The fourth-order valence-electron chi connectivity index (χ4n) is 2.19. The predicted molar refractivity (Wildman–Crippen MR) is 84.4 cm³/mol. The van der Waals surface area contributed by atoms with E-state index in [1.807, 2.05) is 43.3 Å². The molecule has 106 valence electrons. The van der Waals surface area contributed by atoms with Gasteiger partial charge in [-0.15, -0.1) is 11.3 Å². The van der Waals surface area contributed by atoms with Gasteiger partial charge in [0.1, 0.15) is 0 Å². The molecular formula is C16H15N3OS. The molecule has 1 amide bonds. The summed E-state index contributed by atoms with van der Waals surface area (Å²) in [5.41, 5.74) is 4.19. The fraction of sp³-hybridized carbons (Fsp3) is 0.188. The molecule has 3 aromatic rings. The summed E-state index contributed by atoms with van der Waals surface area (Å²) >= 11 is 1.57. The number of aromatic nitrogens is 2. The lowest BCUT2D eigenvalue weighted by molar-refractivity contribution is 0.0740. The number of rotatable bonds is 3. The first-order valence-electron chi connectivity index (χ1n) is 6.68. The van der Waals surface area contributed by atoms with Gasteiger partial charge in [-0.05, 0) is 37.3 Å². The lowest BCUT2D eigenvalue weighted by atomic mass is 10.1. The van der Waals surface area contributed by atoms with Crippen molar-refractivity contribution in [2.45, 2.75) is 13.0 Å². The fourth-order valence-corrected chi connectivity index (χ4v) is 2.85. The highest BCUT2D eigenvalue weighted by molar-refractivity contribution is 7.16. The van der Waals surface area contributed by atoms with E-state index in [0.717, 1.165) is 15.9 Å². The summed E-state index contributed by atoms with van der Waals surface area (Å²) in [6.45, 7) is 1.97. The SMILES string of the molecule is CC(c1ccccn1)N(C)C(=O)c1ccc2scnc2c1. The number of hydrogen-bond donors (Lipinski definition) is 0. The molecule has 0 aliphatic rings. The molecule has 0 fully saturated rings. The second-order valence-electron chi connectivity index (χ2n) is 4.88. The van der Waals surface area contributed by atoms with Gasteiger partial charge in [0.15, 0.2) is 0 Å². The summed E-state index contributed by atoms with van der Waals surface area (Å²) in [5, 5.41) is 0. The van der Waals surface area contributed by atoms with Crippen LogP contribution in [0.2, 0.25) is 0 Å². The van der Waals surface area contributed by atoms with Crippen molar-refractivity contribution in [2.24, 2.45) is 0 Å². The lowest BCUT2D eigenvalue weighted by Crippen LogP contribution is -2.30. The number of carbonyl (C=O) groups is 1. The first-order valence-corrected chi connectivity index (χ1v) is 7.56. The molecule has 0 saturated heterocycles. The van der Waals surface area contributed by atoms with Gasteiger partial charge in [-0.1, -0.05) is 6.07 Å². The number of benzene rings is 1. The lowest BCUT2D eigenvalue weighted by Gasteiger charge is -2.24. The van der Waals surface area contributed by atoms with Crippen LogP contribution in [-0.4, -0.2) is 27.8 Å². The molecule has 21 heavy (non-hydrogen) atoms. The van der Waals surface area contributed by atoms with Crippen LogP contribution in [-0.2, 0) is 0 Å². The molecule has 0 aliphatic heterocycles. The first kappa shape index (κ1) is 13.7. The van der Waals surface area contributed by atoms with E-state index in [4.69, 9.17) is 0 Å². The highest BCUT2D eigenvalue weighted by Crippen LogP contribution is 2.22. The zero-order chi connectivity index (χ0) is 14.8. The molecule has 0 saturated carbocycles. The summed E-state index contributed by atoms with van der Waals surface area (Å²) < 4.78 is 1.09. The van der Waals surface area contributed by atoms with Crippen molar-refractivity contribution < 1.29 is 4.79 Å². The maximum absolute atomic E-state index is 12.6. The molecule has 0 N–H and O–H groups in total. The minimum absolute atomic E-state index is 0.0250. The van der Waals surface area contributed by atoms with Crippen LogP contribution in [0, 0.1) is 0 Å². The van der Waals surface area contributed by atoms with Crippen LogP contribution in [0.15, 0.2) is 48.1 Å². The van der Waals surface area contributed by atoms with Gasteiger partial charge >= 0.3 is 0 Å². The number of carbonyl (C=O) groups excluding carboxylic acids is 1. The standard InChI is InChI=1S/C16H15N3OS/c1-11(13-5-3-4-8-17-13)19(2)16(20)12-6-7-15-14(9-12)18-10-21-15/h3-11H,1-2H3. The van der Waals surface area contributed by atoms with E-state index >= 15 is 0 Å². The zero-order valence-corrected chi connectivity index (χ0v) is 12.7. The Hall–Kier alpha value is -2.27. The van der Waals surface area contributed by atoms with Crippen molar-refractivity contribution in [3.63, 3.8) is 0 Å². The maximum Gasteiger partial charge on any atom is 0.254 e. The molecule has 0 bridgehead atoms. The Morgan fingerprint density at radius 3 is 2.86 bits per heavy atom. The number of pyridine rings is 1. The van der Waals surface area contributed by atoms with E-state index in [1.54, 1.807) is 35.0 Å². The minimum atomic E-state index is -0.0789. The summed E-state index contributed by atoms with van der Waals surface area (Å²) in [5.74, 6) is -0.0250. The van der Waals surface area contributed by atoms with E-state index in [-0.39, 0.29) is 11.9 Å². The smallest absolute Gasteiger partial charge is 0.254 e. The molecule has 4 nitrogen and oxygen atoms in total. The van der Waals surface area contributed by atoms with E-state index in [0.29, 0.717) is 5.56 Å². The molecule has 5 heteroatoms. The quantitative estimate of drug-likeness (QED) is 0.743. The summed E-state index contributed by atoms with van der Waals surface area (Å²) in [6.07, 6.45) is 1.74. The van der Waals surface area contributed by atoms with Crippen molar-refractivity contribution >= 4 is 27.5 Å². The largest absolute Gasteiger partial charge is 0.333 e. The van der Waals surface area contributed by atoms with Crippen LogP contribution in [0.5, 0.6) is 0 Å². The third kappa shape index (κ3) is 2.64. The molecule has 1 atom stereocenters. The molecule has 2 heterocycles. The molecule has 2 aromatic heterocycles. The molecule has 3 rings (SSSR count). The Bertz CT molecular complexity index is 769. The van der Waals surface area contributed by atoms with Crippen molar-refractivity contribution in [2.75, 3.05) is 7.05 Å². The molecule has 1 unspecified atom stereocenters. The first-order chi connectivity index (χ1) is 10.2. The number of hydrogen-bond acceptors (Lipinski definition) is 4. The highest BCUT2D eigenvalue weighted by Gasteiger charge is 2.20. The van der Waals surface area contributed by atoms with Gasteiger partial charge < -0.3 is 4.90 Å². The number of nitrogens with zero attached hydrogens (tertiary/aromatic N) is 3.